The SMILES string of the molecule is C.CC1=Nn2nc(C)cc2C1. The van der Waals surface area contributed by atoms with E-state index in [2.05, 4.69) is 16.3 Å². The van der Waals surface area contributed by atoms with E-state index in [-0.39, 0.29) is 7.43 Å². The zero-order valence-corrected chi connectivity index (χ0v) is 6.13. The molecule has 0 fully saturated rings. The molecule has 0 saturated carbocycles. The highest BCUT2D eigenvalue weighted by Crippen LogP contribution is 2.10. The first kappa shape index (κ1) is 7.98. The highest BCUT2D eigenvalue weighted by atomic mass is 15.5. The van der Waals surface area contributed by atoms with Gasteiger partial charge in [-0.1, -0.05) is 7.43 Å². The van der Waals surface area contributed by atoms with Gasteiger partial charge in [0.05, 0.1) is 11.4 Å². The third-order valence-corrected chi connectivity index (χ3v) is 1.59. The van der Waals surface area contributed by atoms with Gasteiger partial charge < -0.3 is 0 Å². The minimum absolute atomic E-state index is 0. The van der Waals surface area contributed by atoms with Crippen molar-refractivity contribution in [3.8, 4) is 0 Å². The molecule has 0 saturated heterocycles. The molecular formula is C8H13N3. The van der Waals surface area contributed by atoms with Gasteiger partial charge in [-0.05, 0) is 19.9 Å². The van der Waals surface area contributed by atoms with Crippen molar-refractivity contribution in [3.63, 3.8) is 0 Å². The minimum Gasteiger partial charge on any atom is -0.160 e. The van der Waals surface area contributed by atoms with Crippen LogP contribution in [0.3, 0.4) is 0 Å². The van der Waals surface area contributed by atoms with E-state index < -0.39 is 0 Å². The van der Waals surface area contributed by atoms with Crippen LogP contribution in [-0.4, -0.2) is 15.6 Å². The van der Waals surface area contributed by atoms with Crippen molar-refractivity contribution in [1.82, 2.24) is 9.89 Å². The van der Waals surface area contributed by atoms with Crippen molar-refractivity contribution in [1.29, 1.82) is 0 Å². The maximum absolute atomic E-state index is 4.20. The fraction of sp³-hybridized carbons (Fsp3) is 0.500. The maximum Gasteiger partial charge on any atom is 0.0705 e. The van der Waals surface area contributed by atoms with Crippen LogP contribution in [0.4, 0.5) is 0 Å². The number of aryl methyl sites for hydroxylation is 1. The van der Waals surface area contributed by atoms with Gasteiger partial charge in [0.1, 0.15) is 0 Å². The van der Waals surface area contributed by atoms with E-state index in [0.717, 1.165) is 17.8 Å². The summed E-state index contributed by atoms with van der Waals surface area (Å²) in [5.74, 6) is 0. The van der Waals surface area contributed by atoms with Crippen LogP contribution < -0.4 is 0 Å². The molecule has 0 atom stereocenters. The van der Waals surface area contributed by atoms with Gasteiger partial charge in [-0.15, -0.1) is 0 Å². The van der Waals surface area contributed by atoms with Gasteiger partial charge in [0, 0.05) is 12.1 Å². The molecule has 1 aliphatic heterocycles. The lowest BCUT2D eigenvalue weighted by atomic mass is 10.2. The summed E-state index contributed by atoms with van der Waals surface area (Å²) >= 11 is 0. The predicted molar refractivity (Wildman–Crippen MR) is 45.9 cm³/mol. The Bertz CT molecular complexity index is 296. The molecule has 0 radical (unpaired) electrons. The Morgan fingerprint density at radius 3 is 2.82 bits per heavy atom. The molecule has 2 rings (SSSR count). The Hall–Kier alpha value is -1.12. The summed E-state index contributed by atoms with van der Waals surface area (Å²) in [4.78, 5) is 1.71. The second-order valence-corrected chi connectivity index (χ2v) is 2.68. The van der Waals surface area contributed by atoms with Crippen molar-refractivity contribution in [3.05, 3.63) is 17.5 Å². The third kappa shape index (κ3) is 1.18. The van der Waals surface area contributed by atoms with E-state index in [1.165, 1.54) is 5.69 Å². The summed E-state index contributed by atoms with van der Waals surface area (Å²) < 4.78 is 0. The Morgan fingerprint density at radius 1 is 1.45 bits per heavy atom. The number of hydrogen-bond acceptors (Lipinski definition) is 2. The van der Waals surface area contributed by atoms with Gasteiger partial charge in [0.15, 0.2) is 0 Å². The van der Waals surface area contributed by atoms with Crippen LogP contribution in [-0.2, 0) is 6.42 Å². The van der Waals surface area contributed by atoms with Crippen molar-refractivity contribution >= 4 is 5.71 Å². The summed E-state index contributed by atoms with van der Waals surface area (Å²) in [7, 11) is 0. The second-order valence-electron chi connectivity index (χ2n) is 2.68. The normalized spacial score (nSPS) is 13.8. The van der Waals surface area contributed by atoms with Crippen LogP contribution in [0.2, 0.25) is 0 Å². The standard InChI is InChI=1S/C7H9N3.CH4/c1-5-3-7-4-6(2)9-10(7)8-5;/h3H,4H2,1-2H3;1H4. The molecule has 3 heteroatoms. The molecule has 1 aliphatic rings. The van der Waals surface area contributed by atoms with Gasteiger partial charge in [-0.2, -0.15) is 15.0 Å². The monoisotopic (exact) mass is 151 g/mol. The van der Waals surface area contributed by atoms with E-state index in [4.69, 9.17) is 0 Å². The lowest BCUT2D eigenvalue weighted by Crippen LogP contribution is -1.88. The Kier molecular flexibility index (Phi) is 1.81. The highest BCUT2D eigenvalue weighted by Gasteiger charge is 2.11. The number of aromatic nitrogens is 2. The van der Waals surface area contributed by atoms with Gasteiger partial charge in [0.2, 0.25) is 0 Å². The summed E-state index contributed by atoms with van der Waals surface area (Å²) in [6.07, 6.45) is 0.959. The first-order chi connectivity index (χ1) is 4.75. The molecule has 0 N–H and O–H groups in total. The average molecular weight is 151 g/mol. The fourth-order valence-electron chi connectivity index (χ4n) is 1.21. The van der Waals surface area contributed by atoms with Crippen molar-refractivity contribution in [2.45, 2.75) is 27.7 Å². The molecule has 60 valence electrons. The second kappa shape index (κ2) is 2.49. The molecule has 2 heterocycles. The molecule has 0 amide bonds. The van der Waals surface area contributed by atoms with Crippen molar-refractivity contribution in [2.75, 3.05) is 0 Å². The Morgan fingerprint density at radius 2 is 2.18 bits per heavy atom. The van der Waals surface area contributed by atoms with Gasteiger partial charge >= 0.3 is 0 Å². The molecule has 0 unspecified atom stereocenters. The molecule has 0 bridgehead atoms. The van der Waals surface area contributed by atoms with E-state index in [1.54, 1.807) is 4.79 Å². The van der Waals surface area contributed by atoms with Crippen LogP contribution >= 0.6 is 0 Å². The first-order valence-corrected chi connectivity index (χ1v) is 3.36. The number of hydrogen-bond donors (Lipinski definition) is 0. The number of fused-ring (bicyclic) bond motifs is 1. The van der Waals surface area contributed by atoms with Crippen molar-refractivity contribution < 1.29 is 0 Å². The zero-order chi connectivity index (χ0) is 7.14. The van der Waals surface area contributed by atoms with Crippen molar-refractivity contribution in [2.24, 2.45) is 5.10 Å². The smallest absolute Gasteiger partial charge is 0.0705 e. The molecule has 11 heavy (non-hydrogen) atoms. The van der Waals surface area contributed by atoms with Crippen LogP contribution in [0, 0.1) is 6.92 Å². The van der Waals surface area contributed by atoms with E-state index >= 15 is 0 Å². The van der Waals surface area contributed by atoms with Crippen LogP contribution in [0.25, 0.3) is 0 Å². The summed E-state index contributed by atoms with van der Waals surface area (Å²) in [6, 6.07) is 2.07. The number of rotatable bonds is 0. The summed E-state index contributed by atoms with van der Waals surface area (Å²) in [5.41, 5.74) is 3.39. The Balaban J connectivity index is 0.000000605. The average Bonchev–Trinajstić information content (AvgIpc) is 2.21. The van der Waals surface area contributed by atoms with Crippen LogP contribution in [0.1, 0.15) is 25.7 Å². The minimum atomic E-state index is 0. The fourth-order valence-corrected chi connectivity index (χ4v) is 1.21. The van der Waals surface area contributed by atoms with Gasteiger partial charge in [-0.25, -0.2) is 0 Å². The lowest BCUT2D eigenvalue weighted by molar-refractivity contribution is 0.727. The molecular weight excluding hydrogens is 138 g/mol. The van der Waals surface area contributed by atoms with Gasteiger partial charge in [-0.3, -0.25) is 0 Å². The van der Waals surface area contributed by atoms with Gasteiger partial charge in [0.25, 0.3) is 0 Å². The highest BCUT2D eigenvalue weighted by molar-refractivity contribution is 5.85. The lowest BCUT2D eigenvalue weighted by Gasteiger charge is -1.84. The molecule has 0 aliphatic carbocycles. The maximum atomic E-state index is 4.20. The van der Waals surface area contributed by atoms with E-state index in [9.17, 15) is 0 Å². The first-order valence-electron chi connectivity index (χ1n) is 3.36. The zero-order valence-electron chi connectivity index (χ0n) is 6.13. The van der Waals surface area contributed by atoms with Crippen LogP contribution in [0.15, 0.2) is 11.2 Å². The van der Waals surface area contributed by atoms with E-state index in [0.29, 0.717) is 0 Å². The van der Waals surface area contributed by atoms with Crippen LogP contribution in [0.5, 0.6) is 0 Å². The number of nitrogens with zero attached hydrogens (tertiary/aromatic N) is 3. The quantitative estimate of drug-likeness (QED) is 0.554. The largest absolute Gasteiger partial charge is 0.160 e. The molecule has 3 nitrogen and oxygen atoms in total. The topological polar surface area (TPSA) is 30.2 Å². The summed E-state index contributed by atoms with van der Waals surface area (Å²) in [5, 5.41) is 8.37. The molecule has 1 aromatic rings. The summed E-state index contributed by atoms with van der Waals surface area (Å²) in [6.45, 7) is 4.00. The molecule has 1 aromatic heterocycles. The Labute approximate surface area is 66.7 Å². The third-order valence-electron chi connectivity index (χ3n) is 1.59. The van der Waals surface area contributed by atoms with E-state index in [1.807, 2.05) is 13.8 Å². The predicted octanol–water partition coefficient (Wildman–Crippen LogP) is 1.61. The molecule has 0 aromatic carbocycles. The molecule has 0 spiro atoms.